The van der Waals surface area contributed by atoms with Gasteiger partial charge in [0.1, 0.15) is 5.82 Å². The maximum Gasteiger partial charge on any atom is 0.325 e. The van der Waals surface area contributed by atoms with Gasteiger partial charge in [-0.15, -0.1) is 0 Å². The third-order valence-electron chi connectivity index (χ3n) is 6.30. The highest BCUT2D eigenvalue weighted by Crippen LogP contribution is 2.40. The van der Waals surface area contributed by atoms with Crippen LogP contribution in [-0.4, -0.2) is 45.8 Å². The first-order valence-corrected chi connectivity index (χ1v) is 11.1. The fourth-order valence-electron chi connectivity index (χ4n) is 3.95. The Balaban J connectivity index is 1.46. The molecule has 2 aromatic heterocycles. The Morgan fingerprint density at radius 2 is 1.97 bits per heavy atom. The first-order valence-electron chi connectivity index (χ1n) is 11.1. The maximum atomic E-state index is 12.2. The van der Waals surface area contributed by atoms with E-state index in [2.05, 4.69) is 20.5 Å². The molecular formula is C24H27N5O3. The van der Waals surface area contributed by atoms with Crippen LogP contribution in [0.25, 0.3) is 10.9 Å². The number of carbonyl (C=O) groups is 2. The predicted molar refractivity (Wildman–Crippen MR) is 123 cm³/mol. The molecule has 0 unspecified atom stereocenters. The molecule has 5 rings (SSSR count). The zero-order valence-electron chi connectivity index (χ0n) is 18.0. The second-order valence-electron chi connectivity index (χ2n) is 8.77. The van der Waals surface area contributed by atoms with E-state index in [1.165, 1.54) is 0 Å². The molecule has 166 valence electrons. The number of nitrogens with zero attached hydrogens (tertiary/aromatic N) is 3. The van der Waals surface area contributed by atoms with E-state index in [9.17, 15) is 14.7 Å². The van der Waals surface area contributed by atoms with Crippen LogP contribution >= 0.6 is 0 Å². The molecule has 2 aliphatic carbocycles. The Morgan fingerprint density at radius 1 is 1.19 bits per heavy atom. The molecule has 0 spiro atoms. The Hall–Kier alpha value is -3.39. The lowest BCUT2D eigenvalue weighted by molar-refractivity contribution is -0.117. The topological polar surface area (TPSA) is 99.5 Å². The highest BCUT2D eigenvalue weighted by Gasteiger charge is 2.40. The summed E-state index contributed by atoms with van der Waals surface area (Å²) in [5.41, 5.74) is 2.07. The van der Waals surface area contributed by atoms with Crippen LogP contribution in [0.3, 0.4) is 0 Å². The number of rotatable bonds is 7. The monoisotopic (exact) mass is 433 g/mol. The number of aliphatic hydroxyl groups is 1. The Bertz CT molecular complexity index is 1180. The minimum Gasteiger partial charge on any atom is -0.390 e. The number of hydrogen-bond acceptors (Lipinski definition) is 5. The fourth-order valence-corrected chi connectivity index (χ4v) is 3.95. The van der Waals surface area contributed by atoms with Gasteiger partial charge in [-0.2, -0.15) is 0 Å². The number of benzene rings is 1. The van der Waals surface area contributed by atoms with Crippen LogP contribution in [0.5, 0.6) is 0 Å². The molecule has 2 saturated carbocycles. The summed E-state index contributed by atoms with van der Waals surface area (Å²) in [6.45, 7) is 0.623. The summed E-state index contributed by atoms with van der Waals surface area (Å²) in [6, 6.07) is 11.4. The van der Waals surface area contributed by atoms with Gasteiger partial charge < -0.3 is 20.6 Å². The van der Waals surface area contributed by atoms with Gasteiger partial charge >= 0.3 is 6.03 Å². The Labute approximate surface area is 186 Å². The average molecular weight is 434 g/mol. The largest absolute Gasteiger partial charge is 0.390 e. The Morgan fingerprint density at radius 3 is 2.69 bits per heavy atom. The van der Waals surface area contributed by atoms with Crippen LogP contribution in [0.15, 0.2) is 48.8 Å². The molecule has 0 radical (unpaired) electrons. The molecule has 3 aromatic rings. The van der Waals surface area contributed by atoms with Crippen LogP contribution in [0.1, 0.15) is 32.1 Å². The van der Waals surface area contributed by atoms with Crippen LogP contribution in [0.4, 0.5) is 22.0 Å². The molecule has 2 fully saturated rings. The van der Waals surface area contributed by atoms with Crippen molar-refractivity contribution in [1.82, 2.24) is 14.9 Å². The van der Waals surface area contributed by atoms with Gasteiger partial charge in [-0.05, 0) is 62.4 Å². The molecule has 3 N–H and O–H groups in total. The fraction of sp³-hybridized carbons (Fsp3) is 0.375. The maximum absolute atomic E-state index is 12.2. The van der Waals surface area contributed by atoms with Gasteiger partial charge in [0.05, 0.1) is 11.1 Å². The number of fused-ring (bicyclic) bond motifs is 1. The van der Waals surface area contributed by atoms with Gasteiger partial charge in [0.2, 0.25) is 5.91 Å². The first-order chi connectivity index (χ1) is 15.5. The molecule has 0 bridgehead atoms. The van der Waals surface area contributed by atoms with Crippen molar-refractivity contribution >= 4 is 40.0 Å². The molecule has 0 saturated heterocycles. The zero-order valence-corrected chi connectivity index (χ0v) is 18.0. The molecule has 8 nitrogen and oxygen atoms in total. The van der Waals surface area contributed by atoms with Crippen molar-refractivity contribution in [2.24, 2.45) is 5.92 Å². The number of aromatic nitrogens is 2. The predicted octanol–water partition coefficient (Wildman–Crippen LogP) is 3.63. The number of nitrogens with one attached hydrogen (secondary N) is 2. The van der Waals surface area contributed by atoms with E-state index in [0.717, 1.165) is 48.0 Å². The van der Waals surface area contributed by atoms with E-state index in [-0.39, 0.29) is 17.9 Å². The van der Waals surface area contributed by atoms with Crippen LogP contribution in [-0.2, 0) is 4.79 Å². The smallest absolute Gasteiger partial charge is 0.325 e. The Kier molecular flexibility index (Phi) is 5.09. The van der Waals surface area contributed by atoms with E-state index < -0.39 is 5.60 Å². The zero-order chi connectivity index (χ0) is 22.3. The van der Waals surface area contributed by atoms with Gasteiger partial charge in [0, 0.05) is 54.7 Å². The standard InChI is InChI=1S/C24H27N5O3/c1-25-23(31)29-12-7-17-14-18(4-5-20(17)29)28(13-10-24(32)8-9-24)19-6-11-26-21(15-19)27-22(30)16-2-3-16/h4-7,11-12,14-16,32H,2-3,8-10,13H2,1H3,(H,25,31)(H,26,27,30). The number of anilines is 3. The van der Waals surface area contributed by atoms with Crippen molar-refractivity contribution in [3.05, 3.63) is 48.8 Å². The summed E-state index contributed by atoms with van der Waals surface area (Å²) in [5.74, 6) is 0.652. The molecule has 32 heavy (non-hydrogen) atoms. The normalized spacial score (nSPS) is 16.6. The van der Waals surface area contributed by atoms with Gasteiger partial charge in [-0.1, -0.05) is 0 Å². The number of carbonyl (C=O) groups excluding carboxylic acids is 2. The van der Waals surface area contributed by atoms with Gasteiger partial charge in [0.15, 0.2) is 0 Å². The molecule has 8 heteroatoms. The highest BCUT2D eigenvalue weighted by atomic mass is 16.3. The minimum absolute atomic E-state index is 0.0189. The van der Waals surface area contributed by atoms with E-state index in [1.54, 1.807) is 24.0 Å². The quantitative estimate of drug-likeness (QED) is 0.528. The van der Waals surface area contributed by atoms with Crippen molar-refractivity contribution in [2.75, 3.05) is 23.8 Å². The summed E-state index contributed by atoms with van der Waals surface area (Å²) in [7, 11) is 1.61. The van der Waals surface area contributed by atoms with Crippen molar-refractivity contribution < 1.29 is 14.7 Å². The van der Waals surface area contributed by atoms with Crippen LogP contribution in [0, 0.1) is 5.92 Å². The summed E-state index contributed by atoms with van der Waals surface area (Å²) in [6.07, 6.45) is 7.62. The lowest BCUT2D eigenvalue weighted by Gasteiger charge is -2.27. The van der Waals surface area contributed by atoms with E-state index in [4.69, 9.17) is 0 Å². The lowest BCUT2D eigenvalue weighted by atomic mass is 10.1. The van der Waals surface area contributed by atoms with Crippen molar-refractivity contribution in [1.29, 1.82) is 0 Å². The number of pyridine rings is 1. The number of hydrogen-bond donors (Lipinski definition) is 3. The van der Waals surface area contributed by atoms with Crippen LogP contribution in [0.2, 0.25) is 0 Å². The van der Waals surface area contributed by atoms with Gasteiger partial charge in [0.25, 0.3) is 0 Å². The third kappa shape index (κ3) is 4.18. The molecule has 2 aliphatic rings. The summed E-state index contributed by atoms with van der Waals surface area (Å²) in [5, 5.41) is 16.9. The van der Waals surface area contributed by atoms with Crippen molar-refractivity contribution in [3.8, 4) is 0 Å². The van der Waals surface area contributed by atoms with E-state index >= 15 is 0 Å². The molecule has 0 aliphatic heterocycles. The second kappa shape index (κ2) is 7.94. The van der Waals surface area contributed by atoms with Crippen molar-refractivity contribution in [3.63, 3.8) is 0 Å². The lowest BCUT2D eigenvalue weighted by Crippen LogP contribution is -2.24. The van der Waals surface area contributed by atoms with E-state index in [1.807, 2.05) is 36.4 Å². The van der Waals surface area contributed by atoms with E-state index in [0.29, 0.717) is 18.8 Å². The molecule has 2 amide bonds. The minimum atomic E-state index is -0.582. The first kappa shape index (κ1) is 20.5. The highest BCUT2D eigenvalue weighted by molar-refractivity contribution is 5.95. The molecule has 0 atom stereocenters. The summed E-state index contributed by atoms with van der Waals surface area (Å²) in [4.78, 5) is 30.7. The summed E-state index contributed by atoms with van der Waals surface area (Å²) >= 11 is 0. The molecular weight excluding hydrogens is 406 g/mol. The summed E-state index contributed by atoms with van der Waals surface area (Å²) < 4.78 is 1.58. The number of amides is 2. The second-order valence-corrected chi connectivity index (χ2v) is 8.77. The average Bonchev–Trinajstić information content (AvgIpc) is 3.72. The van der Waals surface area contributed by atoms with Crippen LogP contribution < -0.4 is 15.5 Å². The SMILES string of the molecule is CNC(=O)n1ccc2cc(N(CCC3(O)CC3)c3ccnc(NC(=O)C4CC4)c3)ccc21. The molecule has 1 aromatic carbocycles. The van der Waals surface area contributed by atoms with Gasteiger partial charge in [-0.25, -0.2) is 9.78 Å². The third-order valence-corrected chi connectivity index (χ3v) is 6.30. The van der Waals surface area contributed by atoms with Gasteiger partial charge in [-0.3, -0.25) is 9.36 Å². The van der Waals surface area contributed by atoms with Crippen molar-refractivity contribution in [2.45, 2.75) is 37.7 Å². The molecule has 2 heterocycles.